The average Bonchev–Trinajstić information content (AvgIpc) is 2.73. The van der Waals surface area contributed by atoms with Gasteiger partial charge in [-0.05, 0) is 49.4 Å². The second-order valence-electron chi connectivity index (χ2n) is 6.70. The maximum absolute atomic E-state index is 13.2. The van der Waals surface area contributed by atoms with Gasteiger partial charge in [0, 0.05) is 16.0 Å². The largest absolute Gasteiger partial charge is 0.288 e. The Morgan fingerprint density at radius 1 is 0.867 bits per heavy atom. The summed E-state index contributed by atoms with van der Waals surface area (Å²) >= 11 is 1.26. The molecule has 0 aromatic heterocycles. The van der Waals surface area contributed by atoms with E-state index in [0.717, 1.165) is 22.6 Å². The molecule has 0 atom stereocenters. The van der Waals surface area contributed by atoms with Crippen LogP contribution in [0.1, 0.15) is 21.5 Å². The maximum Gasteiger partial charge on any atom is 0.282 e. The molecule has 0 saturated heterocycles. The third-order valence-electron chi connectivity index (χ3n) is 4.52. The van der Waals surface area contributed by atoms with E-state index in [1.54, 1.807) is 24.3 Å². The third kappa shape index (κ3) is 4.13. The van der Waals surface area contributed by atoms with Crippen molar-refractivity contribution >= 4 is 33.3 Å². The van der Waals surface area contributed by atoms with Crippen molar-refractivity contribution in [3.8, 4) is 0 Å². The van der Waals surface area contributed by atoms with Crippen LogP contribution in [0.25, 0.3) is 0 Å². The molecular weight excluding hydrogens is 421 g/mol. The lowest BCUT2D eigenvalue weighted by molar-refractivity contribution is 0.104. The molecule has 4 nitrogen and oxygen atoms in total. The van der Waals surface area contributed by atoms with Gasteiger partial charge in [-0.2, -0.15) is 12.8 Å². The van der Waals surface area contributed by atoms with Gasteiger partial charge in [-0.1, -0.05) is 53.7 Å². The molecule has 30 heavy (non-hydrogen) atoms. The van der Waals surface area contributed by atoms with Crippen LogP contribution in [0.5, 0.6) is 0 Å². The molecule has 0 N–H and O–H groups in total. The summed E-state index contributed by atoms with van der Waals surface area (Å²) in [5.74, 6) is -0.721. The molecule has 0 spiro atoms. The number of halogens is 1. The van der Waals surface area contributed by atoms with E-state index in [2.05, 4.69) is 4.40 Å². The fourth-order valence-electron chi connectivity index (χ4n) is 2.98. The van der Waals surface area contributed by atoms with Gasteiger partial charge in [0.25, 0.3) is 10.0 Å². The van der Waals surface area contributed by atoms with E-state index in [1.165, 1.54) is 30.0 Å². The van der Waals surface area contributed by atoms with Gasteiger partial charge >= 0.3 is 0 Å². The van der Waals surface area contributed by atoms with Crippen LogP contribution < -0.4 is 0 Å². The van der Waals surface area contributed by atoms with E-state index >= 15 is 0 Å². The van der Waals surface area contributed by atoms with Gasteiger partial charge < -0.3 is 0 Å². The molecule has 0 heterocycles. The molecule has 150 valence electrons. The molecule has 0 fully saturated rings. The number of hydrogen-bond donors (Lipinski definition) is 0. The predicted octanol–water partition coefficient (Wildman–Crippen LogP) is 5.18. The quantitative estimate of drug-likeness (QED) is 0.564. The van der Waals surface area contributed by atoms with Crippen LogP contribution >= 0.6 is 11.8 Å². The summed E-state index contributed by atoms with van der Waals surface area (Å²) in [6, 6.07) is 18.9. The van der Waals surface area contributed by atoms with E-state index in [0.29, 0.717) is 16.0 Å². The highest BCUT2D eigenvalue weighted by molar-refractivity contribution is 8.04. The first-order chi connectivity index (χ1) is 14.3. The number of benzene rings is 3. The minimum absolute atomic E-state index is 0.119. The molecule has 3 aromatic carbocycles. The SMILES string of the molecule is Cc1ccc(SC2=CC(=NS(=O)(=O)c3ccc(F)cc3)c3ccccc3C2=O)cc1. The Hall–Kier alpha value is -3.03. The number of Topliss-reactive ketones (excluding diaryl/α,β-unsaturated/α-hetero) is 1. The molecule has 1 aliphatic carbocycles. The number of carbonyl (C=O) groups is 1. The summed E-state index contributed by atoms with van der Waals surface area (Å²) in [5, 5.41) is 0. The summed E-state index contributed by atoms with van der Waals surface area (Å²) in [7, 11) is -4.08. The number of aryl methyl sites for hydroxylation is 1. The molecule has 0 unspecified atom stereocenters. The molecule has 0 aliphatic heterocycles. The molecule has 7 heteroatoms. The Bertz CT molecular complexity index is 1290. The molecule has 0 amide bonds. The number of thioether (sulfide) groups is 1. The number of rotatable bonds is 4. The molecule has 4 rings (SSSR count). The summed E-state index contributed by atoms with van der Waals surface area (Å²) < 4.78 is 42.7. The number of hydrogen-bond acceptors (Lipinski definition) is 4. The van der Waals surface area contributed by atoms with Crippen LogP contribution in [0.4, 0.5) is 4.39 Å². The number of nitrogens with zero attached hydrogens (tertiary/aromatic N) is 1. The second-order valence-corrected chi connectivity index (χ2v) is 9.42. The minimum atomic E-state index is -4.08. The molecule has 0 saturated carbocycles. The molecular formula is C23H16FNO3S2. The number of carbonyl (C=O) groups excluding carboxylic acids is 1. The van der Waals surface area contributed by atoms with Crippen molar-refractivity contribution in [3.63, 3.8) is 0 Å². The third-order valence-corrected chi connectivity index (χ3v) is 6.85. The highest BCUT2D eigenvalue weighted by atomic mass is 32.2. The fourth-order valence-corrected chi connectivity index (χ4v) is 4.87. The van der Waals surface area contributed by atoms with Gasteiger partial charge in [0.2, 0.25) is 0 Å². The molecule has 0 radical (unpaired) electrons. The zero-order valence-corrected chi connectivity index (χ0v) is 17.5. The maximum atomic E-state index is 13.2. The van der Waals surface area contributed by atoms with Crippen molar-refractivity contribution in [1.29, 1.82) is 0 Å². The molecule has 3 aromatic rings. The Morgan fingerprint density at radius 3 is 2.17 bits per heavy atom. The Labute approximate surface area is 178 Å². The molecule has 1 aliphatic rings. The first-order valence-corrected chi connectivity index (χ1v) is 11.3. The van der Waals surface area contributed by atoms with Crippen molar-refractivity contribution in [2.75, 3.05) is 0 Å². The topological polar surface area (TPSA) is 63.6 Å². The lowest BCUT2D eigenvalue weighted by atomic mass is 9.94. The van der Waals surface area contributed by atoms with Crippen molar-refractivity contribution in [2.24, 2.45) is 4.40 Å². The van der Waals surface area contributed by atoms with E-state index in [-0.39, 0.29) is 16.4 Å². The van der Waals surface area contributed by atoms with Crippen LogP contribution in [-0.2, 0) is 10.0 Å². The van der Waals surface area contributed by atoms with E-state index in [1.807, 2.05) is 31.2 Å². The van der Waals surface area contributed by atoms with Crippen molar-refractivity contribution in [3.05, 3.63) is 106 Å². The van der Waals surface area contributed by atoms with Crippen LogP contribution in [0, 0.1) is 12.7 Å². The Kier molecular flexibility index (Phi) is 5.40. The zero-order chi connectivity index (χ0) is 21.3. The van der Waals surface area contributed by atoms with Gasteiger partial charge in [-0.15, -0.1) is 0 Å². The first-order valence-electron chi connectivity index (χ1n) is 9.04. The van der Waals surface area contributed by atoms with Crippen LogP contribution in [0.2, 0.25) is 0 Å². The van der Waals surface area contributed by atoms with Crippen LogP contribution in [0.3, 0.4) is 0 Å². The van der Waals surface area contributed by atoms with Crippen molar-refractivity contribution in [1.82, 2.24) is 0 Å². The monoisotopic (exact) mass is 437 g/mol. The van der Waals surface area contributed by atoms with Crippen molar-refractivity contribution in [2.45, 2.75) is 16.7 Å². The van der Waals surface area contributed by atoms with Gasteiger partial charge in [0.1, 0.15) is 5.82 Å². The van der Waals surface area contributed by atoms with Crippen LogP contribution in [-0.4, -0.2) is 19.9 Å². The van der Waals surface area contributed by atoms with E-state index in [9.17, 15) is 17.6 Å². The predicted molar refractivity (Wildman–Crippen MR) is 116 cm³/mol. The Balaban J connectivity index is 1.80. The highest BCUT2D eigenvalue weighted by Gasteiger charge is 2.26. The van der Waals surface area contributed by atoms with Gasteiger partial charge in [-0.3, -0.25) is 4.79 Å². The standard InChI is InChI=1S/C23H16FNO3S2/c1-15-6-10-17(11-7-15)29-22-14-21(19-4-2-3-5-20(19)23(22)26)25-30(27,28)18-12-8-16(24)9-13-18/h2-14H,1H3. The summed E-state index contributed by atoms with van der Waals surface area (Å²) in [6.07, 6.45) is 1.50. The Morgan fingerprint density at radius 2 is 1.50 bits per heavy atom. The van der Waals surface area contributed by atoms with Gasteiger partial charge in [-0.25, -0.2) is 4.39 Å². The summed E-state index contributed by atoms with van der Waals surface area (Å²) in [6.45, 7) is 1.97. The number of fused-ring (bicyclic) bond motifs is 1. The highest BCUT2D eigenvalue weighted by Crippen LogP contribution is 2.34. The average molecular weight is 438 g/mol. The first kappa shape index (κ1) is 20.3. The number of allylic oxidation sites excluding steroid dienone is 2. The second kappa shape index (κ2) is 8.01. The fraction of sp³-hybridized carbons (Fsp3) is 0.0435. The van der Waals surface area contributed by atoms with Crippen molar-refractivity contribution < 1.29 is 17.6 Å². The number of ketones is 1. The molecule has 0 bridgehead atoms. The summed E-state index contributed by atoms with van der Waals surface area (Å²) in [4.78, 5) is 14.1. The van der Waals surface area contributed by atoms with Gasteiger partial charge in [0.15, 0.2) is 5.78 Å². The van der Waals surface area contributed by atoms with E-state index in [4.69, 9.17) is 0 Å². The summed E-state index contributed by atoms with van der Waals surface area (Å²) in [5.41, 5.74) is 2.11. The minimum Gasteiger partial charge on any atom is -0.288 e. The lowest BCUT2D eigenvalue weighted by Crippen LogP contribution is -2.17. The number of sulfonamides is 1. The normalized spacial score (nSPS) is 15.1. The van der Waals surface area contributed by atoms with Gasteiger partial charge in [0.05, 0.1) is 15.5 Å². The van der Waals surface area contributed by atoms with E-state index < -0.39 is 15.8 Å². The zero-order valence-electron chi connectivity index (χ0n) is 15.9. The van der Waals surface area contributed by atoms with Crippen LogP contribution in [0.15, 0.2) is 98.0 Å². The lowest BCUT2D eigenvalue weighted by Gasteiger charge is -2.17. The smallest absolute Gasteiger partial charge is 0.282 e.